The molecule has 0 radical (unpaired) electrons. The van der Waals surface area contributed by atoms with E-state index in [9.17, 15) is 31.2 Å². The fraction of sp³-hybridized carbons (Fsp3) is 0.231. The molecule has 25 heavy (non-hydrogen) atoms. The quantitative estimate of drug-likeness (QED) is 0.840. The molecule has 136 valence electrons. The Morgan fingerprint density at radius 3 is 2.28 bits per heavy atom. The minimum absolute atomic E-state index is 0.185. The van der Waals surface area contributed by atoms with Crippen molar-refractivity contribution in [3.8, 4) is 5.69 Å². The first kappa shape index (κ1) is 19.2. The highest BCUT2D eigenvalue weighted by atomic mass is 35.5. The molecule has 0 aliphatic rings. The van der Waals surface area contributed by atoms with Crippen molar-refractivity contribution in [1.29, 1.82) is 0 Å². The molecule has 0 aliphatic heterocycles. The normalized spacial score (nSPS) is 12.4. The van der Waals surface area contributed by atoms with Crippen LogP contribution in [0.2, 0.25) is 5.02 Å². The van der Waals surface area contributed by atoms with Crippen LogP contribution in [-0.2, 0) is 23.2 Å². The monoisotopic (exact) mass is 397 g/mol. The summed E-state index contributed by atoms with van der Waals surface area (Å²) in [6.45, 7) is 0. The predicted octanol–water partition coefficient (Wildman–Crippen LogP) is 1.12. The van der Waals surface area contributed by atoms with Crippen molar-refractivity contribution in [2.24, 2.45) is 7.05 Å². The predicted molar refractivity (Wildman–Crippen MR) is 83.5 cm³/mol. The van der Waals surface area contributed by atoms with Crippen LogP contribution in [0.4, 0.5) is 13.2 Å². The Bertz CT molecular complexity index is 1060. The molecule has 0 spiro atoms. The van der Waals surface area contributed by atoms with Gasteiger partial charge in [0.25, 0.3) is 5.56 Å². The molecule has 2 rings (SSSR count). The molecule has 1 aromatic heterocycles. The standard InChI is InChI=1S/C13H11ClF3N3O4S/c1-18-25(23,24)9-5-7(3-4-8(9)14)20-11(21)6-10(13(15,16)17)19(2)12(20)22/h3-6,18H,1-2H3. The molecule has 1 heterocycles. The molecule has 7 nitrogen and oxygen atoms in total. The number of hydrogen-bond donors (Lipinski definition) is 1. The smallest absolute Gasteiger partial charge is 0.292 e. The number of nitrogens with zero attached hydrogens (tertiary/aromatic N) is 2. The molecule has 1 aromatic carbocycles. The number of sulfonamides is 1. The van der Waals surface area contributed by atoms with Gasteiger partial charge in [-0.2, -0.15) is 13.2 Å². The van der Waals surface area contributed by atoms with E-state index < -0.39 is 38.0 Å². The average Bonchev–Trinajstić information content (AvgIpc) is 2.51. The van der Waals surface area contributed by atoms with Crippen LogP contribution in [0.15, 0.2) is 38.8 Å². The van der Waals surface area contributed by atoms with Gasteiger partial charge in [-0.15, -0.1) is 0 Å². The molecule has 1 N–H and O–H groups in total. The van der Waals surface area contributed by atoms with Crippen LogP contribution in [0.5, 0.6) is 0 Å². The molecule has 0 fully saturated rings. The van der Waals surface area contributed by atoms with Crippen LogP contribution in [-0.4, -0.2) is 24.6 Å². The zero-order valence-electron chi connectivity index (χ0n) is 12.8. The fourth-order valence-corrected chi connectivity index (χ4v) is 3.33. The average molecular weight is 398 g/mol. The number of alkyl halides is 3. The van der Waals surface area contributed by atoms with Crippen molar-refractivity contribution in [2.45, 2.75) is 11.1 Å². The van der Waals surface area contributed by atoms with Crippen molar-refractivity contribution >= 4 is 21.6 Å². The van der Waals surface area contributed by atoms with Crippen molar-refractivity contribution in [2.75, 3.05) is 7.05 Å². The Kier molecular flexibility index (Phi) is 4.86. The summed E-state index contributed by atoms with van der Waals surface area (Å²) in [7, 11) is -2.04. The first-order chi connectivity index (χ1) is 11.4. The summed E-state index contributed by atoms with van der Waals surface area (Å²) < 4.78 is 65.1. The van der Waals surface area contributed by atoms with Gasteiger partial charge in [0, 0.05) is 13.1 Å². The Balaban J connectivity index is 2.82. The largest absolute Gasteiger partial charge is 0.431 e. The Labute approximate surface area is 144 Å². The molecule has 0 aliphatic carbocycles. The van der Waals surface area contributed by atoms with E-state index >= 15 is 0 Å². The highest BCUT2D eigenvalue weighted by Gasteiger charge is 2.35. The Morgan fingerprint density at radius 2 is 1.76 bits per heavy atom. The van der Waals surface area contributed by atoms with Gasteiger partial charge >= 0.3 is 11.9 Å². The summed E-state index contributed by atoms with van der Waals surface area (Å²) in [5.41, 5.74) is -4.20. The van der Waals surface area contributed by atoms with Crippen LogP contribution in [0.3, 0.4) is 0 Å². The van der Waals surface area contributed by atoms with Crippen molar-refractivity contribution in [3.63, 3.8) is 0 Å². The molecule has 0 amide bonds. The van der Waals surface area contributed by atoms with E-state index in [0.717, 1.165) is 32.3 Å². The van der Waals surface area contributed by atoms with E-state index in [-0.39, 0.29) is 21.3 Å². The van der Waals surface area contributed by atoms with E-state index in [4.69, 9.17) is 11.6 Å². The number of halogens is 4. The molecule has 0 saturated carbocycles. The molecular weight excluding hydrogens is 387 g/mol. The van der Waals surface area contributed by atoms with Gasteiger partial charge in [0.15, 0.2) is 0 Å². The first-order valence-electron chi connectivity index (χ1n) is 6.54. The maximum atomic E-state index is 12.8. The molecular formula is C13H11ClF3N3O4S. The first-order valence-corrected chi connectivity index (χ1v) is 8.40. The highest BCUT2D eigenvalue weighted by molar-refractivity contribution is 7.89. The van der Waals surface area contributed by atoms with Crippen LogP contribution in [0.1, 0.15) is 5.69 Å². The third-order valence-corrected chi connectivity index (χ3v) is 5.24. The third kappa shape index (κ3) is 3.48. The number of hydrogen-bond acceptors (Lipinski definition) is 4. The highest BCUT2D eigenvalue weighted by Crippen LogP contribution is 2.27. The number of nitrogens with one attached hydrogen (secondary N) is 1. The van der Waals surface area contributed by atoms with Crippen LogP contribution >= 0.6 is 11.6 Å². The maximum Gasteiger partial charge on any atom is 0.431 e. The SMILES string of the molecule is CNS(=O)(=O)c1cc(-n2c(=O)cc(C(F)(F)F)n(C)c2=O)ccc1Cl. The topological polar surface area (TPSA) is 90.2 Å². The van der Waals surface area contributed by atoms with E-state index in [0.29, 0.717) is 4.57 Å². The van der Waals surface area contributed by atoms with Gasteiger partial charge < -0.3 is 0 Å². The van der Waals surface area contributed by atoms with Gasteiger partial charge in [-0.3, -0.25) is 9.36 Å². The van der Waals surface area contributed by atoms with Crippen molar-refractivity contribution in [1.82, 2.24) is 13.9 Å². The van der Waals surface area contributed by atoms with Gasteiger partial charge in [0.2, 0.25) is 10.0 Å². The minimum Gasteiger partial charge on any atom is -0.292 e. The van der Waals surface area contributed by atoms with Crippen LogP contribution in [0.25, 0.3) is 5.69 Å². The van der Waals surface area contributed by atoms with Crippen molar-refractivity contribution in [3.05, 3.63) is 55.8 Å². The lowest BCUT2D eigenvalue weighted by atomic mass is 10.3. The summed E-state index contributed by atoms with van der Waals surface area (Å²) in [6.07, 6.45) is -4.90. The number of rotatable bonds is 3. The second kappa shape index (κ2) is 6.32. The van der Waals surface area contributed by atoms with E-state index in [1.54, 1.807) is 0 Å². The lowest BCUT2D eigenvalue weighted by molar-refractivity contribution is -0.144. The van der Waals surface area contributed by atoms with Gasteiger partial charge in [-0.25, -0.2) is 22.5 Å². The van der Waals surface area contributed by atoms with Gasteiger partial charge in [0.1, 0.15) is 10.6 Å². The third-order valence-electron chi connectivity index (χ3n) is 3.34. The molecule has 0 unspecified atom stereocenters. The van der Waals surface area contributed by atoms with E-state index in [1.807, 2.05) is 4.72 Å². The molecule has 12 heteroatoms. The molecule has 0 atom stereocenters. The van der Waals surface area contributed by atoms with Gasteiger partial charge in [0.05, 0.1) is 10.7 Å². The van der Waals surface area contributed by atoms with E-state index in [2.05, 4.69) is 0 Å². The number of aromatic nitrogens is 2. The summed E-state index contributed by atoms with van der Waals surface area (Å²) in [5, 5.41) is -0.185. The lowest BCUT2D eigenvalue weighted by Crippen LogP contribution is -2.40. The fourth-order valence-electron chi connectivity index (χ4n) is 2.08. The van der Waals surface area contributed by atoms with Crippen LogP contribution in [0, 0.1) is 0 Å². The molecule has 0 bridgehead atoms. The maximum absolute atomic E-state index is 12.8. The Hall–Kier alpha value is -2.11. The number of benzene rings is 1. The van der Waals surface area contributed by atoms with Gasteiger partial charge in [-0.05, 0) is 25.2 Å². The summed E-state index contributed by atoms with van der Waals surface area (Å²) >= 11 is 5.80. The zero-order chi connectivity index (χ0) is 19.2. The molecule has 0 saturated heterocycles. The molecule has 2 aromatic rings. The second-order valence-electron chi connectivity index (χ2n) is 4.86. The van der Waals surface area contributed by atoms with Gasteiger partial charge in [-0.1, -0.05) is 11.6 Å². The summed E-state index contributed by atoms with van der Waals surface area (Å²) in [5.74, 6) is 0. The Morgan fingerprint density at radius 1 is 1.16 bits per heavy atom. The van der Waals surface area contributed by atoms with E-state index in [1.165, 1.54) is 0 Å². The zero-order valence-corrected chi connectivity index (χ0v) is 14.3. The van der Waals surface area contributed by atoms with Crippen molar-refractivity contribution < 1.29 is 21.6 Å². The minimum atomic E-state index is -4.90. The summed E-state index contributed by atoms with van der Waals surface area (Å²) in [4.78, 5) is 23.8. The van der Waals surface area contributed by atoms with Crippen LogP contribution < -0.4 is 16.0 Å². The lowest BCUT2D eigenvalue weighted by Gasteiger charge is -2.14. The second-order valence-corrected chi connectivity index (χ2v) is 7.13. The summed E-state index contributed by atoms with van der Waals surface area (Å²) in [6, 6.07) is 3.43.